The summed E-state index contributed by atoms with van der Waals surface area (Å²) < 4.78 is 4.70. The van der Waals surface area contributed by atoms with E-state index in [1.54, 1.807) is 14.7 Å². The monoisotopic (exact) mass is 127 g/mol. The molecule has 1 fully saturated rings. The van der Waals surface area contributed by atoms with Crippen LogP contribution in [0.15, 0.2) is 0 Å². The van der Waals surface area contributed by atoms with E-state index < -0.39 is 0 Å². The van der Waals surface area contributed by atoms with E-state index in [1.807, 2.05) is 0 Å². The maximum absolute atomic E-state index is 4.70. The molecule has 4 heteroatoms. The highest BCUT2D eigenvalue weighted by atomic mass is 16.4. The summed E-state index contributed by atoms with van der Waals surface area (Å²) in [5, 5.41) is 6.24. The van der Waals surface area contributed by atoms with E-state index in [2.05, 4.69) is 10.5 Å². The number of nitrogens with one attached hydrogen (secondary N) is 2. The summed E-state index contributed by atoms with van der Waals surface area (Å²) in [4.78, 5) is 0. The Kier molecular flexibility index (Phi) is 3.04. The van der Waals surface area contributed by atoms with Gasteiger partial charge in [-0.2, -0.15) is 0 Å². The van der Waals surface area contributed by atoms with Gasteiger partial charge in [-0.05, 0) is 12.5 Å². The standard InChI is InChI=1S/C5H12BN2O/c1-9-6-8-4-5-2-7-3-5/h5,7-8H,2-4H2,1H3. The van der Waals surface area contributed by atoms with Crippen LogP contribution in [0.5, 0.6) is 0 Å². The molecule has 1 aliphatic rings. The lowest BCUT2D eigenvalue weighted by atomic mass is 10.0. The van der Waals surface area contributed by atoms with Crippen molar-refractivity contribution in [2.45, 2.75) is 0 Å². The second-order valence-corrected chi connectivity index (χ2v) is 2.29. The zero-order valence-electron chi connectivity index (χ0n) is 5.68. The van der Waals surface area contributed by atoms with Crippen LogP contribution in [0.4, 0.5) is 0 Å². The smallest absolute Gasteiger partial charge is 0.395 e. The molecule has 0 spiro atoms. The van der Waals surface area contributed by atoms with Crippen LogP contribution in [-0.2, 0) is 4.65 Å². The van der Waals surface area contributed by atoms with E-state index in [1.165, 1.54) is 0 Å². The average molecular weight is 127 g/mol. The maximum atomic E-state index is 4.70. The predicted molar refractivity (Wildman–Crippen MR) is 37.1 cm³/mol. The molecule has 0 saturated carbocycles. The van der Waals surface area contributed by atoms with Crippen molar-refractivity contribution in [3.8, 4) is 0 Å². The molecule has 1 aliphatic heterocycles. The Balaban J connectivity index is 1.80. The van der Waals surface area contributed by atoms with Gasteiger partial charge in [0, 0.05) is 20.2 Å². The molecule has 0 aromatic carbocycles. The molecule has 1 radical (unpaired) electrons. The molecule has 0 aliphatic carbocycles. The summed E-state index contributed by atoms with van der Waals surface area (Å²) in [7, 11) is 3.27. The van der Waals surface area contributed by atoms with Crippen LogP contribution < -0.4 is 10.5 Å². The summed E-state index contributed by atoms with van der Waals surface area (Å²) in [6.07, 6.45) is 0. The fourth-order valence-corrected chi connectivity index (χ4v) is 0.791. The first-order chi connectivity index (χ1) is 4.43. The maximum Gasteiger partial charge on any atom is 0.395 e. The van der Waals surface area contributed by atoms with Crippen LogP contribution in [0.2, 0.25) is 0 Å². The third-order valence-corrected chi connectivity index (χ3v) is 1.47. The molecule has 0 bridgehead atoms. The summed E-state index contributed by atoms with van der Waals surface area (Å²) in [5.74, 6) is 0.802. The van der Waals surface area contributed by atoms with Gasteiger partial charge in [-0.25, -0.2) is 0 Å². The van der Waals surface area contributed by atoms with Gasteiger partial charge in [-0.3, -0.25) is 0 Å². The molecular formula is C5H12BN2O. The largest absolute Gasteiger partial charge is 0.427 e. The summed E-state index contributed by atoms with van der Waals surface area (Å²) in [6.45, 7) is 3.32. The quantitative estimate of drug-likeness (QED) is 0.374. The first-order valence-electron chi connectivity index (χ1n) is 3.22. The summed E-state index contributed by atoms with van der Waals surface area (Å²) in [5.41, 5.74) is 0. The fourth-order valence-electron chi connectivity index (χ4n) is 0.791. The van der Waals surface area contributed by atoms with Crippen molar-refractivity contribution in [2.75, 3.05) is 26.7 Å². The second kappa shape index (κ2) is 3.87. The Bertz CT molecular complexity index is 77.4. The van der Waals surface area contributed by atoms with Gasteiger partial charge in [0.05, 0.1) is 0 Å². The SMILES string of the molecule is CO[B]NCC1CNC1. The van der Waals surface area contributed by atoms with Gasteiger partial charge < -0.3 is 15.2 Å². The van der Waals surface area contributed by atoms with E-state index in [9.17, 15) is 0 Å². The Morgan fingerprint density at radius 2 is 2.56 bits per heavy atom. The van der Waals surface area contributed by atoms with Gasteiger partial charge in [-0.15, -0.1) is 0 Å². The van der Waals surface area contributed by atoms with Crippen molar-refractivity contribution in [2.24, 2.45) is 5.92 Å². The van der Waals surface area contributed by atoms with Gasteiger partial charge in [0.25, 0.3) is 0 Å². The van der Waals surface area contributed by atoms with Crippen LogP contribution in [-0.4, -0.2) is 34.4 Å². The molecule has 3 nitrogen and oxygen atoms in total. The first-order valence-corrected chi connectivity index (χ1v) is 3.22. The van der Waals surface area contributed by atoms with Crippen molar-refractivity contribution in [1.82, 2.24) is 10.5 Å². The minimum Gasteiger partial charge on any atom is -0.427 e. The van der Waals surface area contributed by atoms with Crippen LogP contribution in [0, 0.1) is 5.92 Å². The molecule has 1 heterocycles. The van der Waals surface area contributed by atoms with Crippen molar-refractivity contribution in [3.63, 3.8) is 0 Å². The van der Waals surface area contributed by atoms with Gasteiger partial charge in [-0.1, -0.05) is 0 Å². The molecule has 0 aromatic heterocycles. The molecule has 1 saturated heterocycles. The van der Waals surface area contributed by atoms with Crippen molar-refractivity contribution in [3.05, 3.63) is 0 Å². The molecule has 0 aromatic rings. The van der Waals surface area contributed by atoms with Gasteiger partial charge >= 0.3 is 7.62 Å². The summed E-state index contributed by atoms with van der Waals surface area (Å²) >= 11 is 0. The van der Waals surface area contributed by atoms with Gasteiger partial charge in [0.15, 0.2) is 0 Å². The van der Waals surface area contributed by atoms with Crippen LogP contribution in [0.1, 0.15) is 0 Å². The normalized spacial score (nSPS) is 19.2. The van der Waals surface area contributed by atoms with Gasteiger partial charge in [0.1, 0.15) is 0 Å². The van der Waals surface area contributed by atoms with Crippen molar-refractivity contribution in [1.29, 1.82) is 0 Å². The van der Waals surface area contributed by atoms with E-state index in [0.717, 1.165) is 25.6 Å². The first kappa shape index (κ1) is 7.06. The van der Waals surface area contributed by atoms with E-state index in [0.29, 0.717) is 0 Å². The molecule has 0 atom stereocenters. The number of hydrogen-bond donors (Lipinski definition) is 2. The lowest BCUT2D eigenvalue weighted by Gasteiger charge is -2.26. The topological polar surface area (TPSA) is 33.3 Å². The van der Waals surface area contributed by atoms with Crippen LogP contribution in [0.3, 0.4) is 0 Å². The van der Waals surface area contributed by atoms with E-state index in [-0.39, 0.29) is 0 Å². The number of hydrogen-bond acceptors (Lipinski definition) is 3. The molecule has 9 heavy (non-hydrogen) atoms. The highest BCUT2D eigenvalue weighted by Crippen LogP contribution is 1.98. The third kappa shape index (κ3) is 2.34. The Morgan fingerprint density at radius 1 is 1.78 bits per heavy atom. The zero-order chi connectivity index (χ0) is 6.53. The molecule has 0 amide bonds. The second-order valence-electron chi connectivity index (χ2n) is 2.29. The average Bonchev–Trinajstić information content (AvgIpc) is 1.76. The van der Waals surface area contributed by atoms with Crippen molar-refractivity contribution < 1.29 is 4.65 Å². The Hall–Kier alpha value is -0.0551. The van der Waals surface area contributed by atoms with Crippen LogP contribution >= 0.6 is 0 Å². The zero-order valence-corrected chi connectivity index (χ0v) is 5.68. The Morgan fingerprint density at radius 3 is 3.00 bits per heavy atom. The van der Waals surface area contributed by atoms with Crippen LogP contribution in [0.25, 0.3) is 0 Å². The highest BCUT2D eigenvalue weighted by Gasteiger charge is 2.15. The molecule has 2 N–H and O–H groups in total. The predicted octanol–water partition coefficient (Wildman–Crippen LogP) is -1.02. The lowest BCUT2D eigenvalue weighted by Crippen LogP contribution is -2.47. The molecule has 0 unspecified atom stereocenters. The molecular weight excluding hydrogens is 115 g/mol. The van der Waals surface area contributed by atoms with E-state index >= 15 is 0 Å². The third-order valence-electron chi connectivity index (χ3n) is 1.47. The lowest BCUT2D eigenvalue weighted by molar-refractivity contribution is 0.339. The summed E-state index contributed by atoms with van der Waals surface area (Å²) in [6, 6.07) is 0. The highest BCUT2D eigenvalue weighted by molar-refractivity contribution is 6.23. The van der Waals surface area contributed by atoms with E-state index in [4.69, 9.17) is 4.65 Å². The minimum atomic E-state index is 0.802. The van der Waals surface area contributed by atoms with Crippen molar-refractivity contribution >= 4 is 7.62 Å². The molecule has 1 rings (SSSR count). The minimum absolute atomic E-state index is 0.802. The van der Waals surface area contributed by atoms with Gasteiger partial charge in [0.2, 0.25) is 0 Å². The molecule has 51 valence electrons. The fraction of sp³-hybridized carbons (Fsp3) is 1.00. The number of rotatable bonds is 4. The Labute approximate surface area is 56.5 Å².